The van der Waals surface area contributed by atoms with Crippen LogP contribution in [0.25, 0.3) is 0 Å². The van der Waals surface area contributed by atoms with Crippen LogP contribution in [0.4, 0.5) is 5.69 Å². The Morgan fingerprint density at radius 3 is 2.78 bits per heavy atom. The van der Waals surface area contributed by atoms with Crippen molar-refractivity contribution in [3.05, 3.63) is 28.2 Å². The molecule has 1 aliphatic carbocycles. The Balaban J connectivity index is 2.20. The maximum atomic E-state index is 10.7. The molecule has 1 N–H and O–H groups in total. The Morgan fingerprint density at radius 1 is 1.56 bits per heavy atom. The van der Waals surface area contributed by atoms with Gasteiger partial charge in [-0.2, -0.15) is 5.26 Å². The second-order valence-corrected chi connectivity index (χ2v) is 5.20. The highest BCUT2D eigenvalue weighted by molar-refractivity contribution is 9.10. The molecule has 0 radical (unpaired) electrons. The third-order valence-corrected chi connectivity index (χ3v) is 3.58. The van der Waals surface area contributed by atoms with Gasteiger partial charge in [0.15, 0.2) is 0 Å². The van der Waals surface area contributed by atoms with Crippen molar-refractivity contribution in [2.75, 3.05) is 11.4 Å². The van der Waals surface area contributed by atoms with E-state index in [-0.39, 0.29) is 6.42 Å². The minimum Gasteiger partial charge on any atom is -0.481 e. The van der Waals surface area contributed by atoms with Gasteiger partial charge in [0.1, 0.15) is 0 Å². The zero-order valence-electron chi connectivity index (χ0n) is 9.77. The van der Waals surface area contributed by atoms with Crippen molar-refractivity contribution in [2.45, 2.75) is 25.3 Å². The number of benzene rings is 1. The lowest BCUT2D eigenvalue weighted by Crippen LogP contribution is -2.28. The molecule has 0 unspecified atom stereocenters. The molecule has 1 saturated carbocycles. The first kappa shape index (κ1) is 12.9. The number of nitriles is 1. The number of aliphatic carboxylic acids is 1. The average molecular weight is 309 g/mol. The Kier molecular flexibility index (Phi) is 3.87. The zero-order chi connectivity index (χ0) is 13.1. The zero-order valence-corrected chi connectivity index (χ0v) is 11.4. The van der Waals surface area contributed by atoms with E-state index in [1.54, 1.807) is 12.1 Å². The largest absolute Gasteiger partial charge is 0.481 e. The fourth-order valence-electron chi connectivity index (χ4n) is 1.91. The summed E-state index contributed by atoms with van der Waals surface area (Å²) in [6, 6.07) is 7.93. The predicted molar refractivity (Wildman–Crippen MR) is 71.5 cm³/mol. The van der Waals surface area contributed by atoms with E-state index in [9.17, 15) is 4.79 Å². The number of anilines is 1. The predicted octanol–water partition coefficient (Wildman–Crippen LogP) is 2.76. The molecule has 1 fully saturated rings. The van der Waals surface area contributed by atoms with Crippen LogP contribution in [0.2, 0.25) is 0 Å². The van der Waals surface area contributed by atoms with Gasteiger partial charge in [-0.05, 0) is 47.0 Å². The molecule has 4 nitrogen and oxygen atoms in total. The van der Waals surface area contributed by atoms with Crippen LogP contribution in [0.3, 0.4) is 0 Å². The first-order chi connectivity index (χ1) is 8.61. The lowest BCUT2D eigenvalue weighted by Gasteiger charge is -2.25. The number of rotatable bonds is 5. The number of halogens is 1. The topological polar surface area (TPSA) is 64.3 Å². The molecule has 0 bridgehead atoms. The lowest BCUT2D eigenvalue weighted by atomic mass is 10.2. The van der Waals surface area contributed by atoms with Gasteiger partial charge < -0.3 is 10.0 Å². The SMILES string of the molecule is N#Cc1ccc(N(CCC(=O)O)C2CC2)c(Br)c1. The standard InChI is InChI=1S/C13H13BrN2O2/c14-11-7-9(8-15)1-4-12(11)16(10-2-3-10)6-5-13(17)18/h1,4,7,10H,2-3,5-6H2,(H,17,18). The summed E-state index contributed by atoms with van der Waals surface area (Å²) >= 11 is 3.45. The number of carbonyl (C=O) groups is 1. The summed E-state index contributed by atoms with van der Waals surface area (Å²) in [5.41, 5.74) is 1.57. The van der Waals surface area contributed by atoms with E-state index >= 15 is 0 Å². The average Bonchev–Trinajstić information content (AvgIpc) is 3.15. The monoisotopic (exact) mass is 308 g/mol. The number of nitrogens with zero attached hydrogens (tertiary/aromatic N) is 2. The normalized spacial score (nSPS) is 14.0. The molecule has 18 heavy (non-hydrogen) atoms. The van der Waals surface area contributed by atoms with Crippen LogP contribution in [0, 0.1) is 11.3 Å². The second kappa shape index (κ2) is 5.40. The van der Waals surface area contributed by atoms with E-state index in [1.807, 2.05) is 6.07 Å². The molecular weight excluding hydrogens is 296 g/mol. The molecule has 2 rings (SSSR count). The molecule has 0 saturated heterocycles. The molecule has 0 atom stereocenters. The van der Waals surface area contributed by atoms with Crippen LogP contribution in [-0.4, -0.2) is 23.7 Å². The molecule has 0 amide bonds. The van der Waals surface area contributed by atoms with E-state index in [0.717, 1.165) is 23.0 Å². The molecule has 1 aromatic carbocycles. The van der Waals surface area contributed by atoms with E-state index < -0.39 is 5.97 Å². The summed E-state index contributed by atoms with van der Waals surface area (Å²) in [5, 5.41) is 17.6. The van der Waals surface area contributed by atoms with E-state index in [4.69, 9.17) is 10.4 Å². The molecule has 94 valence electrons. The van der Waals surface area contributed by atoms with Crippen molar-refractivity contribution in [1.29, 1.82) is 5.26 Å². The van der Waals surface area contributed by atoms with Crippen molar-refractivity contribution < 1.29 is 9.90 Å². The van der Waals surface area contributed by atoms with Gasteiger partial charge in [-0.15, -0.1) is 0 Å². The maximum Gasteiger partial charge on any atom is 0.305 e. The quantitative estimate of drug-likeness (QED) is 0.908. The summed E-state index contributed by atoms with van der Waals surface area (Å²) in [6.45, 7) is 0.504. The number of carboxylic acid groups (broad SMARTS) is 1. The van der Waals surface area contributed by atoms with Gasteiger partial charge >= 0.3 is 5.97 Å². The van der Waals surface area contributed by atoms with Crippen molar-refractivity contribution in [3.63, 3.8) is 0 Å². The highest BCUT2D eigenvalue weighted by Gasteiger charge is 2.30. The summed E-state index contributed by atoms with van der Waals surface area (Å²) in [5.74, 6) is -0.787. The highest BCUT2D eigenvalue weighted by atomic mass is 79.9. The van der Waals surface area contributed by atoms with E-state index in [1.165, 1.54) is 0 Å². The van der Waals surface area contributed by atoms with Gasteiger partial charge in [-0.25, -0.2) is 0 Å². The van der Waals surface area contributed by atoms with Crippen molar-refractivity contribution in [1.82, 2.24) is 0 Å². The van der Waals surface area contributed by atoms with Crippen molar-refractivity contribution in [3.8, 4) is 6.07 Å². The third kappa shape index (κ3) is 3.02. The first-order valence-corrected chi connectivity index (χ1v) is 6.59. The number of hydrogen-bond acceptors (Lipinski definition) is 3. The van der Waals surface area contributed by atoms with Crippen LogP contribution < -0.4 is 4.90 Å². The summed E-state index contributed by atoms with van der Waals surface area (Å²) in [6.07, 6.45) is 2.33. The van der Waals surface area contributed by atoms with Gasteiger partial charge in [0.25, 0.3) is 0 Å². The van der Waals surface area contributed by atoms with Gasteiger partial charge in [-0.3, -0.25) is 4.79 Å². The van der Waals surface area contributed by atoms with Gasteiger partial charge in [-0.1, -0.05) is 0 Å². The highest BCUT2D eigenvalue weighted by Crippen LogP contribution is 2.36. The van der Waals surface area contributed by atoms with Crippen LogP contribution >= 0.6 is 15.9 Å². The smallest absolute Gasteiger partial charge is 0.305 e. The van der Waals surface area contributed by atoms with E-state index in [2.05, 4.69) is 26.9 Å². The Hall–Kier alpha value is -1.54. The van der Waals surface area contributed by atoms with Crippen molar-refractivity contribution >= 4 is 27.6 Å². The van der Waals surface area contributed by atoms with Crippen molar-refractivity contribution in [2.24, 2.45) is 0 Å². The Labute approximate surface area is 114 Å². The van der Waals surface area contributed by atoms with Crippen LogP contribution in [-0.2, 0) is 4.79 Å². The third-order valence-electron chi connectivity index (χ3n) is 2.94. The number of carboxylic acids is 1. The molecule has 0 aliphatic heterocycles. The first-order valence-electron chi connectivity index (χ1n) is 5.80. The molecule has 1 aliphatic rings. The molecule has 5 heteroatoms. The van der Waals surface area contributed by atoms with Gasteiger partial charge in [0.2, 0.25) is 0 Å². The fourth-order valence-corrected chi connectivity index (χ4v) is 2.52. The van der Waals surface area contributed by atoms with E-state index in [0.29, 0.717) is 18.2 Å². The van der Waals surface area contributed by atoms with Gasteiger partial charge in [0, 0.05) is 17.1 Å². The van der Waals surface area contributed by atoms with Crippen LogP contribution in [0.1, 0.15) is 24.8 Å². The van der Waals surface area contributed by atoms with Crippen LogP contribution in [0.15, 0.2) is 22.7 Å². The summed E-state index contributed by atoms with van der Waals surface area (Å²) in [4.78, 5) is 12.8. The Bertz CT molecular complexity index is 506. The van der Waals surface area contributed by atoms with Crippen LogP contribution in [0.5, 0.6) is 0 Å². The Morgan fingerprint density at radius 2 is 2.28 bits per heavy atom. The molecular formula is C13H13BrN2O2. The molecule has 0 spiro atoms. The summed E-state index contributed by atoms with van der Waals surface area (Å²) in [7, 11) is 0. The minimum absolute atomic E-state index is 0.128. The molecule has 0 aromatic heterocycles. The second-order valence-electron chi connectivity index (χ2n) is 4.35. The lowest BCUT2D eigenvalue weighted by molar-refractivity contribution is -0.136. The molecule has 1 aromatic rings. The fraction of sp³-hybridized carbons (Fsp3) is 0.385. The summed E-state index contributed by atoms with van der Waals surface area (Å²) < 4.78 is 0.846. The molecule has 0 heterocycles. The van der Waals surface area contributed by atoms with Gasteiger partial charge in [0.05, 0.1) is 23.7 Å². The maximum absolute atomic E-state index is 10.7. The number of hydrogen-bond donors (Lipinski definition) is 1. The minimum atomic E-state index is -0.787.